The van der Waals surface area contributed by atoms with Gasteiger partial charge in [0, 0.05) is 0 Å². The van der Waals surface area contributed by atoms with Gasteiger partial charge in [0.15, 0.2) is 5.78 Å². The lowest BCUT2D eigenvalue weighted by Crippen LogP contribution is -2.38. The van der Waals surface area contributed by atoms with Gasteiger partial charge in [-0.3, -0.25) is 4.79 Å². The molecule has 1 saturated heterocycles. The van der Waals surface area contributed by atoms with Gasteiger partial charge in [0.05, 0.1) is 0 Å². The molecule has 0 aromatic carbocycles. The van der Waals surface area contributed by atoms with Crippen LogP contribution in [-0.4, -0.2) is 42.0 Å². The van der Waals surface area contributed by atoms with E-state index in [9.17, 15) is 9.90 Å². The Morgan fingerprint density at radius 1 is 1.50 bits per heavy atom. The standard InChI is InChI=1S/C9H17NO2/c1-7(11)9(12)8-3-5-10(2)6-4-8/h8-9,12H,3-6H2,1-2H3. The zero-order valence-corrected chi connectivity index (χ0v) is 7.79. The van der Waals surface area contributed by atoms with Crippen LogP contribution in [0.3, 0.4) is 0 Å². The van der Waals surface area contributed by atoms with E-state index in [1.807, 2.05) is 0 Å². The average Bonchev–Trinajstić information content (AvgIpc) is 2.04. The summed E-state index contributed by atoms with van der Waals surface area (Å²) in [7, 11) is 2.07. The number of carbonyl (C=O) groups is 1. The number of rotatable bonds is 2. The van der Waals surface area contributed by atoms with E-state index in [0.29, 0.717) is 0 Å². The molecule has 0 aromatic heterocycles. The van der Waals surface area contributed by atoms with Crippen LogP contribution in [0.5, 0.6) is 0 Å². The second-order valence-electron chi connectivity index (χ2n) is 3.70. The SMILES string of the molecule is CC(=O)C(O)C1CCN(C)CC1. The molecule has 3 nitrogen and oxygen atoms in total. The summed E-state index contributed by atoms with van der Waals surface area (Å²) < 4.78 is 0. The van der Waals surface area contributed by atoms with Gasteiger partial charge in [0.25, 0.3) is 0 Å². The number of piperidine rings is 1. The van der Waals surface area contributed by atoms with Crippen molar-refractivity contribution in [1.82, 2.24) is 4.90 Å². The Balaban J connectivity index is 2.39. The summed E-state index contributed by atoms with van der Waals surface area (Å²) in [6.07, 6.45) is 1.16. The van der Waals surface area contributed by atoms with Crippen molar-refractivity contribution in [3.8, 4) is 0 Å². The fourth-order valence-electron chi connectivity index (χ4n) is 1.68. The van der Waals surface area contributed by atoms with Gasteiger partial charge in [-0.1, -0.05) is 0 Å². The van der Waals surface area contributed by atoms with Crippen LogP contribution >= 0.6 is 0 Å². The van der Waals surface area contributed by atoms with Crippen LogP contribution < -0.4 is 0 Å². The Kier molecular flexibility index (Phi) is 3.23. The summed E-state index contributed by atoms with van der Waals surface area (Å²) in [5, 5.41) is 9.47. The Morgan fingerprint density at radius 2 is 2.00 bits per heavy atom. The lowest BCUT2D eigenvalue weighted by molar-refractivity contribution is -0.128. The number of hydrogen-bond acceptors (Lipinski definition) is 3. The van der Waals surface area contributed by atoms with Gasteiger partial charge in [-0.15, -0.1) is 0 Å². The summed E-state index contributed by atoms with van der Waals surface area (Å²) >= 11 is 0. The van der Waals surface area contributed by atoms with Crippen molar-refractivity contribution in [1.29, 1.82) is 0 Å². The molecule has 1 fully saturated rings. The van der Waals surface area contributed by atoms with E-state index in [0.717, 1.165) is 25.9 Å². The van der Waals surface area contributed by atoms with Crippen molar-refractivity contribution in [2.45, 2.75) is 25.9 Å². The minimum atomic E-state index is -0.723. The molecule has 70 valence electrons. The van der Waals surface area contributed by atoms with Gasteiger partial charge in [0.1, 0.15) is 6.10 Å². The zero-order chi connectivity index (χ0) is 9.14. The molecule has 1 N–H and O–H groups in total. The minimum absolute atomic E-state index is 0.0930. The van der Waals surface area contributed by atoms with Crippen LogP contribution in [-0.2, 0) is 4.79 Å². The molecule has 1 aliphatic heterocycles. The molecule has 12 heavy (non-hydrogen) atoms. The van der Waals surface area contributed by atoms with Gasteiger partial charge in [-0.2, -0.15) is 0 Å². The lowest BCUT2D eigenvalue weighted by Gasteiger charge is -2.30. The molecule has 0 radical (unpaired) electrons. The third-order valence-electron chi connectivity index (χ3n) is 2.63. The summed E-state index contributed by atoms with van der Waals surface area (Å²) in [5.41, 5.74) is 0. The van der Waals surface area contributed by atoms with E-state index < -0.39 is 6.10 Å². The molecule has 1 atom stereocenters. The second kappa shape index (κ2) is 4.01. The maximum atomic E-state index is 10.9. The predicted molar refractivity (Wildman–Crippen MR) is 46.9 cm³/mol. The van der Waals surface area contributed by atoms with Crippen molar-refractivity contribution in [3.05, 3.63) is 0 Å². The van der Waals surface area contributed by atoms with Crippen LogP contribution in [0.1, 0.15) is 19.8 Å². The lowest BCUT2D eigenvalue weighted by atomic mass is 9.90. The molecule has 0 spiro atoms. The highest BCUT2D eigenvalue weighted by Crippen LogP contribution is 2.19. The Bertz CT molecular complexity index is 162. The minimum Gasteiger partial charge on any atom is -0.385 e. The molecule has 1 rings (SSSR count). The number of nitrogens with zero attached hydrogens (tertiary/aromatic N) is 1. The molecule has 1 unspecified atom stereocenters. The van der Waals surface area contributed by atoms with E-state index in [2.05, 4.69) is 11.9 Å². The molecule has 0 aromatic rings. The second-order valence-corrected chi connectivity index (χ2v) is 3.70. The fraction of sp³-hybridized carbons (Fsp3) is 0.889. The van der Waals surface area contributed by atoms with Gasteiger partial charge < -0.3 is 10.0 Å². The number of carbonyl (C=O) groups excluding carboxylic acids is 1. The molecule has 0 amide bonds. The highest BCUT2D eigenvalue weighted by atomic mass is 16.3. The highest BCUT2D eigenvalue weighted by molar-refractivity contribution is 5.80. The van der Waals surface area contributed by atoms with Crippen LogP contribution in [0.25, 0.3) is 0 Å². The number of aliphatic hydroxyl groups excluding tert-OH is 1. The maximum absolute atomic E-state index is 10.9. The highest BCUT2D eigenvalue weighted by Gasteiger charge is 2.26. The van der Waals surface area contributed by atoms with Crippen LogP contribution in [0.4, 0.5) is 0 Å². The third-order valence-corrected chi connectivity index (χ3v) is 2.63. The summed E-state index contributed by atoms with van der Waals surface area (Å²) in [6.45, 7) is 3.45. The third kappa shape index (κ3) is 2.29. The van der Waals surface area contributed by atoms with Crippen LogP contribution in [0, 0.1) is 5.92 Å². The molecule has 0 bridgehead atoms. The van der Waals surface area contributed by atoms with Crippen molar-refractivity contribution >= 4 is 5.78 Å². The first-order valence-corrected chi connectivity index (χ1v) is 4.48. The van der Waals surface area contributed by atoms with Crippen molar-refractivity contribution in [2.24, 2.45) is 5.92 Å². The van der Waals surface area contributed by atoms with Crippen molar-refractivity contribution in [3.63, 3.8) is 0 Å². The molecular formula is C9H17NO2. The van der Waals surface area contributed by atoms with Crippen molar-refractivity contribution in [2.75, 3.05) is 20.1 Å². The predicted octanol–water partition coefficient (Wildman–Crippen LogP) is 0.278. The van der Waals surface area contributed by atoms with Gasteiger partial charge in [-0.25, -0.2) is 0 Å². The number of likely N-dealkylation sites (tertiary alicyclic amines) is 1. The zero-order valence-electron chi connectivity index (χ0n) is 7.79. The largest absolute Gasteiger partial charge is 0.385 e. The van der Waals surface area contributed by atoms with Crippen LogP contribution in [0.2, 0.25) is 0 Å². The first-order chi connectivity index (χ1) is 5.61. The van der Waals surface area contributed by atoms with E-state index in [1.54, 1.807) is 0 Å². The first-order valence-electron chi connectivity index (χ1n) is 4.48. The number of ketones is 1. The molecule has 1 aliphatic rings. The molecule has 3 heteroatoms. The number of hydrogen-bond donors (Lipinski definition) is 1. The fourth-order valence-corrected chi connectivity index (χ4v) is 1.68. The van der Waals surface area contributed by atoms with E-state index >= 15 is 0 Å². The molecule has 1 heterocycles. The topological polar surface area (TPSA) is 40.5 Å². The molecule has 0 aliphatic carbocycles. The van der Waals surface area contributed by atoms with Gasteiger partial charge in [0.2, 0.25) is 0 Å². The Morgan fingerprint density at radius 3 is 2.42 bits per heavy atom. The molecular weight excluding hydrogens is 154 g/mol. The van der Waals surface area contributed by atoms with Crippen molar-refractivity contribution < 1.29 is 9.90 Å². The van der Waals surface area contributed by atoms with E-state index in [4.69, 9.17) is 0 Å². The molecule has 0 saturated carbocycles. The summed E-state index contributed by atoms with van der Waals surface area (Å²) in [5.74, 6) is 0.100. The van der Waals surface area contributed by atoms with Gasteiger partial charge in [-0.05, 0) is 45.8 Å². The number of aliphatic hydroxyl groups is 1. The smallest absolute Gasteiger partial charge is 0.158 e. The van der Waals surface area contributed by atoms with E-state index in [1.165, 1.54) is 6.92 Å². The monoisotopic (exact) mass is 171 g/mol. The summed E-state index contributed by atoms with van der Waals surface area (Å²) in [4.78, 5) is 13.1. The summed E-state index contributed by atoms with van der Waals surface area (Å²) in [6, 6.07) is 0. The van der Waals surface area contributed by atoms with Gasteiger partial charge >= 0.3 is 0 Å². The first kappa shape index (κ1) is 9.68. The normalized spacial score (nSPS) is 23.9. The maximum Gasteiger partial charge on any atom is 0.158 e. The Labute approximate surface area is 73.4 Å². The number of Topliss-reactive ketones (excluding diaryl/α,β-unsaturated/α-hetero) is 1. The van der Waals surface area contributed by atoms with E-state index in [-0.39, 0.29) is 11.7 Å². The Hall–Kier alpha value is -0.410. The van der Waals surface area contributed by atoms with Crippen LogP contribution in [0.15, 0.2) is 0 Å². The average molecular weight is 171 g/mol. The quantitative estimate of drug-likeness (QED) is 0.648.